The molecule has 5 heteroatoms. The van der Waals surface area contributed by atoms with Crippen molar-refractivity contribution in [3.63, 3.8) is 0 Å². The number of aliphatic hydroxyl groups excluding tert-OH is 1. The van der Waals surface area contributed by atoms with Crippen LogP contribution >= 0.6 is 0 Å². The number of ether oxygens (including phenoxy) is 3. The number of benzene rings is 1. The van der Waals surface area contributed by atoms with Crippen LogP contribution in [0, 0.1) is 0 Å². The third kappa shape index (κ3) is 2.62. The molecule has 0 radical (unpaired) electrons. The minimum atomic E-state index is -0.719. The molecule has 0 bridgehead atoms. The highest BCUT2D eigenvalue weighted by atomic mass is 16.7. The fourth-order valence-electron chi connectivity index (χ4n) is 2.45. The van der Waals surface area contributed by atoms with Crippen molar-refractivity contribution < 1.29 is 24.1 Å². The Kier molecular flexibility index (Phi) is 3.60. The van der Waals surface area contributed by atoms with Gasteiger partial charge in [0.15, 0.2) is 12.6 Å². The van der Waals surface area contributed by atoms with E-state index in [0.717, 1.165) is 11.8 Å². The molecule has 108 valence electrons. The van der Waals surface area contributed by atoms with Crippen LogP contribution in [0.15, 0.2) is 30.3 Å². The summed E-state index contributed by atoms with van der Waals surface area (Å²) in [7, 11) is 0. The van der Waals surface area contributed by atoms with E-state index < -0.39 is 18.0 Å². The number of aliphatic hydroxyl groups is 1. The number of carbonyl (C=O) groups is 1. The lowest BCUT2D eigenvalue weighted by Crippen LogP contribution is -2.41. The normalized spacial score (nSPS) is 40.3. The van der Waals surface area contributed by atoms with Gasteiger partial charge in [-0.3, -0.25) is 0 Å². The number of rotatable bonds is 4. The van der Waals surface area contributed by atoms with E-state index in [1.54, 1.807) is 6.92 Å². The molecule has 1 N–H and O–H groups in total. The fraction of sp³-hybridized carbons (Fsp3) is 0.533. The summed E-state index contributed by atoms with van der Waals surface area (Å²) >= 11 is 0. The van der Waals surface area contributed by atoms with Gasteiger partial charge in [0, 0.05) is 12.0 Å². The van der Waals surface area contributed by atoms with Crippen molar-refractivity contribution in [3.8, 4) is 0 Å². The number of aldehydes is 1. The van der Waals surface area contributed by atoms with Gasteiger partial charge in [-0.1, -0.05) is 30.3 Å². The van der Waals surface area contributed by atoms with E-state index >= 15 is 0 Å². The molecule has 2 heterocycles. The predicted octanol–water partition coefficient (Wildman–Crippen LogP) is 1.21. The minimum Gasteiger partial charge on any atom is -0.388 e. The zero-order valence-electron chi connectivity index (χ0n) is 11.3. The Labute approximate surface area is 117 Å². The molecule has 0 unspecified atom stereocenters. The lowest BCUT2D eigenvalue weighted by molar-refractivity contribution is -0.258. The van der Waals surface area contributed by atoms with Crippen LogP contribution in [0.1, 0.15) is 25.2 Å². The summed E-state index contributed by atoms with van der Waals surface area (Å²) < 4.78 is 16.7. The SMILES string of the molecule is C[C@]1(C=O)O[C@@H]1C[C@@H]1O[C@H](c2ccccc2)OC[C@H]1O. The monoisotopic (exact) mass is 278 g/mol. The Bertz CT molecular complexity index is 476. The van der Waals surface area contributed by atoms with Crippen molar-refractivity contribution in [2.45, 2.75) is 43.5 Å². The zero-order valence-corrected chi connectivity index (χ0v) is 11.3. The van der Waals surface area contributed by atoms with Gasteiger partial charge in [-0.2, -0.15) is 0 Å². The first-order valence-corrected chi connectivity index (χ1v) is 6.76. The van der Waals surface area contributed by atoms with E-state index in [9.17, 15) is 9.90 Å². The van der Waals surface area contributed by atoms with Crippen LogP contribution in [0.25, 0.3) is 0 Å². The summed E-state index contributed by atoms with van der Waals surface area (Å²) in [5.41, 5.74) is 0.197. The molecule has 5 atom stereocenters. The van der Waals surface area contributed by atoms with Gasteiger partial charge in [-0.15, -0.1) is 0 Å². The molecule has 2 aliphatic rings. The second kappa shape index (κ2) is 5.26. The van der Waals surface area contributed by atoms with E-state index in [2.05, 4.69) is 0 Å². The molecule has 2 aliphatic heterocycles. The smallest absolute Gasteiger partial charge is 0.184 e. The van der Waals surface area contributed by atoms with Gasteiger partial charge >= 0.3 is 0 Å². The molecule has 2 saturated heterocycles. The molecule has 2 fully saturated rings. The summed E-state index contributed by atoms with van der Waals surface area (Å²) in [5.74, 6) is 0. The Morgan fingerprint density at radius 2 is 2.15 bits per heavy atom. The van der Waals surface area contributed by atoms with Crippen LogP contribution in [0.2, 0.25) is 0 Å². The van der Waals surface area contributed by atoms with Gasteiger partial charge in [-0.05, 0) is 6.92 Å². The Hall–Kier alpha value is -1.27. The van der Waals surface area contributed by atoms with Crippen molar-refractivity contribution in [2.75, 3.05) is 6.61 Å². The van der Waals surface area contributed by atoms with Crippen molar-refractivity contribution in [3.05, 3.63) is 35.9 Å². The van der Waals surface area contributed by atoms with Crippen LogP contribution in [0.4, 0.5) is 0 Å². The highest BCUT2D eigenvalue weighted by Crippen LogP contribution is 2.40. The summed E-state index contributed by atoms with van der Waals surface area (Å²) in [5, 5.41) is 9.96. The molecule has 1 aromatic rings. The fourth-order valence-corrected chi connectivity index (χ4v) is 2.45. The molecule has 5 nitrogen and oxygen atoms in total. The number of carbonyl (C=O) groups excluding carboxylic acids is 1. The molecule has 0 aliphatic carbocycles. The lowest BCUT2D eigenvalue weighted by Gasteiger charge is -2.34. The van der Waals surface area contributed by atoms with Crippen LogP contribution in [0.3, 0.4) is 0 Å². The maximum absolute atomic E-state index is 10.9. The summed E-state index contributed by atoms with van der Waals surface area (Å²) in [6.45, 7) is 1.96. The average Bonchev–Trinajstić information content (AvgIpc) is 3.13. The number of hydrogen-bond donors (Lipinski definition) is 1. The second-order valence-corrected chi connectivity index (χ2v) is 5.46. The minimum absolute atomic E-state index is 0.186. The largest absolute Gasteiger partial charge is 0.388 e. The van der Waals surface area contributed by atoms with Gasteiger partial charge < -0.3 is 24.1 Å². The van der Waals surface area contributed by atoms with Crippen LogP contribution in [0.5, 0.6) is 0 Å². The molecule has 1 aromatic carbocycles. The van der Waals surface area contributed by atoms with E-state index in [0.29, 0.717) is 6.42 Å². The predicted molar refractivity (Wildman–Crippen MR) is 70.0 cm³/mol. The first-order chi connectivity index (χ1) is 9.62. The van der Waals surface area contributed by atoms with E-state index in [1.165, 1.54) is 0 Å². The molecule has 0 saturated carbocycles. The Balaban J connectivity index is 1.64. The number of hydrogen-bond acceptors (Lipinski definition) is 5. The van der Waals surface area contributed by atoms with Crippen molar-refractivity contribution >= 4 is 6.29 Å². The highest BCUT2D eigenvalue weighted by Gasteiger charge is 2.54. The quantitative estimate of drug-likeness (QED) is 0.662. The Morgan fingerprint density at radius 3 is 2.80 bits per heavy atom. The van der Waals surface area contributed by atoms with E-state index in [1.807, 2.05) is 30.3 Å². The van der Waals surface area contributed by atoms with Crippen molar-refractivity contribution in [2.24, 2.45) is 0 Å². The van der Waals surface area contributed by atoms with Gasteiger partial charge in [0.05, 0.1) is 18.8 Å². The summed E-state index contributed by atoms with van der Waals surface area (Å²) in [6.07, 6.45) is -0.461. The van der Waals surface area contributed by atoms with Crippen molar-refractivity contribution in [1.29, 1.82) is 0 Å². The maximum atomic E-state index is 10.9. The van der Waals surface area contributed by atoms with Gasteiger partial charge in [0.25, 0.3) is 0 Å². The first-order valence-electron chi connectivity index (χ1n) is 6.76. The average molecular weight is 278 g/mol. The standard InChI is InChI=1S/C15H18O5/c1-15(9-16)13(20-15)7-12-11(17)8-18-14(19-12)10-5-3-2-4-6-10/h2-6,9,11-14,17H,7-8H2,1H3/t11-,12+,13-,14-,15-/m1/s1. The zero-order chi connectivity index (χ0) is 14.2. The highest BCUT2D eigenvalue weighted by molar-refractivity contribution is 5.66. The molecule has 0 aromatic heterocycles. The third-order valence-electron chi connectivity index (χ3n) is 3.88. The molecular formula is C15H18O5. The Morgan fingerprint density at radius 1 is 1.40 bits per heavy atom. The summed E-state index contributed by atoms with van der Waals surface area (Å²) in [4.78, 5) is 10.9. The second-order valence-electron chi connectivity index (χ2n) is 5.46. The molecule has 0 spiro atoms. The third-order valence-corrected chi connectivity index (χ3v) is 3.88. The molecule has 20 heavy (non-hydrogen) atoms. The topological polar surface area (TPSA) is 68.3 Å². The lowest BCUT2D eigenvalue weighted by atomic mass is 10.0. The summed E-state index contributed by atoms with van der Waals surface area (Å²) in [6, 6.07) is 9.59. The van der Waals surface area contributed by atoms with Crippen LogP contribution in [-0.4, -0.2) is 41.9 Å². The van der Waals surface area contributed by atoms with Gasteiger partial charge in [0.2, 0.25) is 0 Å². The maximum Gasteiger partial charge on any atom is 0.184 e. The molecule has 0 amide bonds. The number of epoxide rings is 1. The van der Waals surface area contributed by atoms with Gasteiger partial charge in [0.1, 0.15) is 11.7 Å². The van der Waals surface area contributed by atoms with Gasteiger partial charge in [-0.25, -0.2) is 0 Å². The van der Waals surface area contributed by atoms with E-state index in [-0.39, 0.29) is 18.8 Å². The first kappa shape index (κ1) is 13.7. The van der Waals surface area contributed by atoms with E-state index in [4.69, 9.17) is 14.2 Å². The molecular weight excluding hydrogens is 260 g/mol. The van der Waals surface area contributed by atoms with Crippen LogP contribution < -0.4 is 0 Å². The van der Waals surface area contributed by atoms with Crippen molar-refractivity contribution in [1.82, 2.24) is 0 Å². The molecule has 3 rings (SSSR count). The van der Waals surface area contributed by atoms with Crippen LogP contribution in [-0.2, 0) is 19.0 Å².